The molecule has 1 amide bonds. The summed E-state index contributed by atoms with van der Waals surface area (Å²) < 4.78 is 5.51. The number of ether oxygens (including phenoxy) is 1. The van der Waals surface area contributed by atoms with Gasteiger partial charge in [0.05, 0.1) is 11.5 Å². The van der Waals surface area contributed by atoms with Crippen LogP contribution in [0.4, 0.5) is 0 Å². The number of fused-ring (bicyclic) bond motifs is 1. The van der Waals surface area contributed by atoms with E-state index in [1.807, 2.05) is 4.90 Å². The second-order valence-electron chi connectivity index (χ2n) is 6.06. The molecule has 0 radical (unpaired) electrons. The minimum atomic E-state index is -0.331. The molecule has 0 aromatic carbocycles. The molecule has 4 atom stereocenters. The molecule has 0 N–H and O–H groups in total. The molecule has 3 aliphatic heterocycles. The molecule has 4 aliphatic rings. The molecule has 1 aliphatic carbocycles. The Kier molecular flexibility index (Phi) is 1.77. The van der Waals surface area contributed by atoms with Crippen molar-refractivity contribution in [3.05, 3.63) is 0 Å². The molecule has 3 heterocycles. The standard InChI is InChI=1S/C13H17NO3/c15-10-3-2-8-6-9-7-13(12(16)17-9)4-1-5-14(10)11(8)13/h8-9,11H,1-7H2/t8-,9+,11-,13+/m0/s1. The van der Waals surface area contributed by atoms with E-state index in [0.717, 1.165) is 38.6 Å². The molecule has 1 saturated carbocycles. The van der Waals surface area contributed by atoms with E-state index in [2.05, 4.69) is 0 Å². The number of hydrogen-bond acceptors (Lipinski definition) is 3. The fourth-order valence-corrected chi connectivity index (χ4v) is 4.71. The molecule has 4 heteroatoms. The van der Waals surface area contributed by atoms with Gasteiger partial charge in [-0.25, -0.2) is 0 Å². The van der Waals surface area contributed by atoms with Crippen LogP contribution in [0, 0.1) is 11.3 Å². The third-order valence-electron chi connectivity index (χ3n) is 5.26. The molecule has 0 aromatic rings. The summed E-state index contributed by atoms with van der Waals surface area (Å²) in [6, 6.07) is 0.156. The molecule has 92 valence electrons. The highest BCUT2D eigenvalue weighted by Gasteiger charge is 2.64. The van der Waals surface area contributed by atoms with Crippen LogP contribution in [-0.4, -0.2) is 35.5 Å². The van der Waals surface area contributed by atoms with Crippen molar-refractivity contribution >= 4 is 11.9 Å². The van der Waals surface area contributed by atoms with E-state index < -0.39 is 0 Å². The Morgan fingerprint density at radius 2 is 2.24 bits per heavy atom. The molecule has 2 bridgehead atoms. The van der Waals surface area contributed by atoms with Gasteiger partial charge in [-0.15, -0.1) is 0 Å². The summed E-state index contributed by atoms with van der Waals surface area (Å²) in [4.78, 5) is 26.2. The van der Waals surface area contributed by atoms with Gasteiger partial charge in [0.15, 0.2) is 0 Å². The van der Waals surface area contributed by atoms with Crippen molar-refractivity contribution in [2.75, 3.05) is 6.54 Å². The fraction of sp³-hybridized carbons (Fsp3) is 0.846. The fourth-order valence-electron chi connectivity index (χ4n) is 4.71. The molecule has 1 spiro atoms. The number of hydrogen-bond donors (Lipinski definition) is 0. The Morgan fingerprint density at radius 1 is 1.35 bits per heavy atom. The molecule has 4 rings (SSSR count). The van der Waals surface area contributed by atoms with Crippen LogP contribution in [0.15, 0.2) is 0 Å². The van der Waals surface area contributed by atoms with E-state index in [1.54, 1.807) is 0 Å². The second-order valence-corrected chi connectivity index (χ2v) is 6.06. The predicted molar refractivity (Wildman–Crippen MR) is 59.0 cm³/mol. The number of rotatable bonds is 0. The van der Waals surface area contributed by atoms with Gasteiger partial charge in [-0.1, -0.05) is 0 Å². The maximum atomic E-state index is 12.2. The predicted octanol–water partition coefficient (Wildman–Crippen LogP) is 1.09. The SMILES string of the molecule is O=C1CC[C@H]2C[C@@H]3C[C@@]4(CCCN1[C@@H]24)C(=O)O3. The molecule has 0 aromatic heterocycles. The Balaban J connectivity index is 1.82. The van der Waals surface area contributed by atoms with Crippen LogP contribution in [0.25, 0.3) is 0 Å². The lowest BCUT2D eigenvalue weighted by molar-refractivity contribution is -0.160. The van der Waals surface area contributed by atoms with Gasteiger partial charge >= 0.3 is 5.97 Å². The van der Waals surface area contributed by atoms with Crippen molar-refractivity contribution in [3.63, 3.8) is 0 Å². The number of piperidine rings is 2. The van der Waals surface area contributed by atoms with Gasteiger partial charge in [-0.05, 0) is 31.6 Å². The van der Waals surface area contributed by atoms with Gasteiger partial charge in [0.2, 0.25) is 5.91 Å². The lowest BCUT2D eigenvalue weighted by Crippen LogP contribution is -2.63. The molecule has 17 heavy (non-hydrogen) atoms. The largest absolute Gasteiger partial charge is 0.462 e. The maximum Gasteiger partial charge on any atom is 0.314 e. The van der Waals surface area contributed by atoms with Crippen molar-refractivity contribution < 1.29 is 14.3 Å². The zero-order chi connectivity index (χ0) is 11.6. The van der Waals surface area contributed by atoms with Crippen LogP contribution in [0.5, 0.6) is 0 Å². The summed E-state index contributed by atoms with van der Waals surface area (Å²) in [6.45, 7) is 0.847. The van der Waals surface area contributed by atoms with Gasteiger partial charge in [-0.2, -0.15) is 0 Å². The smallest absolute Gasteiger partial charge is 0.314 e. The first-order chi connectivity index (χ1) is 8.21. The zero-order valence-corrected chi connectivity index (χ0v) is 9.85. The van der Waals surface area contributed by atoms with Crippen molar-refractivity contribution in [1.82, 2.24) is 4.90 Å². The number of esters is 1. The number of carbonyl (C=O) groups excluding carboxylic acids is 2. The molecule has 3 saturated heterocycles. The lowest BCUT2D eigenvalue weighted by Gasteiger charge is -2.53. The molecule has 0 unspecified atom stereocenters. The highest BCUT2D eigenvalue weighted by atomic mass is 16.6. The topological polar surface area (TPSA) is 46.6 Å². The minimum absolute atomic E-state index is 0.0191. The normalized spacial score (nSPS) is 47.8. The number of carbonyl (C=O) groups is 2. The Morgan fingerprint density at radius 3 is 3.12 bits per heavy atom. The summed E-state index contributed by atoms with van der Waals surface area (Å²) in [5, 5.41) is 0. The minimum Gasteiger partial charge on any atom is -0.462 e. The van der Waals surface area contributed by atoms with E-state index in [1.165, 1.54) is 0 Å². The Labute approximate surface area is 100 Å². The third kappa shape index (κ3) is 1.09. The van der Waals surface area contributed by atoms with E-state index in [-0.39, 0.29) is 29.4 Å². The van der Waals surface area contributed by atoms with Crippen LogP contribution in [0.1, 0.15) is 38.5 Å². The molecule has 4 fully saturated rings. The summed E-state index contributed by atoms with van der Waals surface area (Å²) in [5.74, 6) is 0.732. The first kappa shape index (κ1) is 9.92. The molecule has 4 nitrogen and oxygen atoms in total. The lowest BCUT2D eigenvalue weighted by atomic mass is 9.60. The summed E-state index contributed by atoms with van der Waals surface area (Å²) in [6.07, 6.45) is 5.47. The number of nitrogens with zero attached hydrogens (tertiary/aromatic N) is 1. The first-order valence-electron chi connectivity index (χ1n) is 6.71. The van der Waals surface area contributed by atoms with Crippen LogP contribution in [0.2, 0.25) is 0 Å². The van der Waals surface area contributed by atoms with Gasteiger partial charge in [0.1, 0.15) is 6.10 Å². The second kappa shape index (κ2) is 3.03. The van der Waals surface area contributed by atoms with E-state index >= 15 is 0 Å². The quantitative estimate of drug-likeness (QED) is 0.590. The highest BCUT2D eigenvalue weighted by molar-refractivity contribution is 5.84. The average molecular weight is 235 g/mol. The van der Waals surface area contributed by atoms with Gasteiger partial charge in [0, 0.05) is 19.4 Å². The van der Waals surface area contributed by atoms with Crippen molar-refractivity contribution in [2.24, 2.45) is 11.3 Å². The van der Waals surface area contributed by atoms with Crippen LogP contribution >= 0.6 is 0 Å². The Hall–Kier alpha value is -1.06. The van der Waals surface area contributed by atoms with E-state index in [9.17, 15) is 9.59 Å². The molecular formula is C13H17NO3. The van der Waals surface area contributed by atoms with Crippen LogP contribution in [-0.2, 0) is 14.3 Å². The number of amides is 1. The van der Waals surface area contributed by atoms with Crippen molar-refractivity contribution in [2.45, 2.75) is 50.7 Å². The zero-order valence-electron chi connectivity index (χ0n) is 9.85. The van der Waals surface area contributed by atoms with Crippen LogP contribution < -0.4 is 0 Å². The van der Waals surface area contributed by atoms with E-state index in [4.69, 9.17) is 4.74 Å². The average Bonchev–Trinajstić information content (AvgIpc) is 2.55. The monoisotopic (exact) mass is 235 g/mol. The summed E-state index contributed by atoms with van der Waals surface area (Å²) in [7, 11) is 0. The summed E-state index contributed by atoms with van der Waals surface area (Å²) >= 11 is 0. The Bertz CT molecular complexity index is 407. The third-order valence-corrected chi connectivity index (χ3v) is 5.26. The van der Waals surface area contributed by atoms with Gasteiger partial charge in [0.25, 0.3) is 0 Å². The van der Waals surface area contributed by atoms with Crippen molar-refractivity contribution in [1.29, 1.82) is 0 Å². The van der Waals surface area contributed by atoms with Crippen LogP contribution in [0.3, 0.4) is 0 Å². The highest BCUT2D eigenvalue weighted by Crippen LogP contribution is 2.56. The first-order valence-corrected chi connectivity index (χ1v) is 6.71. The maximum absolute atomic E-state index is 12.2. The molecular weight excluding hydrogens is 218 g/mol. The van der Waals surface area contributed by atoms with E-state index in [0.29, 0.717) is 12.3 Å². The van der Waals surface area contributed by atoms with Gasteiger partial charge in [-0.3, -0.25) is 9.59 Å². The summed E-state index contributed by atoms with van der Waals surface area (Å²) in [5.41, 5.74) is -0.331. The van der Waals surface area contributed by atoms with Gasteiger partial charge < -0.3 is 9.64 Å². The van der Waals surface area contributed by atoms with Crippen molar-refractivity contribution in [3.8, 4) is 0 Å².